The van der Waals surface area contributed by atoms with Crippen molar-refractivity contribution in [1.82, 2.24) is 4.90 Å². The van der Waals surface area contributed by atoms with Crippen molar-refractivity contribution in [3.8, 4) is 0 Å². The number of nitrogens with one attached hydrogen (secondary N) is 1. The number of benzene rings is 1. The van der Waals surface area contributed by atoms with E-state index in [1.165, 1.54) is 11.8 Å². The molecule has 0 fully saturated rings. The molecule has 2 amide bonds. The van der Waals surface area contributed by atoms with Crippen molar-refractivity contribution in [2.75, 3.05) is 18.4 Å². The van der Waals surface area contributed by atoms with Gasteiger partial charge in [-0.05, 0) is 18.6 Å². The lowest BCUT2D eigenvalue weighted by Gasteiger charge is -2.20. The first-order chi connectivity index (χ1) is 10.9. The summed E-state index contributed by atoms with van der Waals surface area (Å²) in [5.41, 5.74) is -0.422. The molecule has 0 aliphatic heterocycles. The Bertz CT molecular complexity index is 565. The predicted octanol–water partition coefficient (Wildman–Crippen LogP) is 3.47. The van der Waals surface area contributed by atoms with Crippen LogP contribution in [0.3, 0.4) is 0 Å². The van der Waals surface area contributed by atoms with Crippen LogP contribution in [0.1, 0.15) is 39.5 Å². The number of rotatable bonds is 8. The summed E-state index contributed by atoms with van der Waals surface area (Å²) in [5, 5.41) is 2.18. The Morgan fingerprint density at radius 1 is 1.09 bits per heavy atom. The molecular formula is C16H21F3N2O2. The number of hydrogen-bond donors (Lipinski definition) is 1. The first-order valence-corrected chi connectivity index (χ1v) is 7.55. The number of anilines is 1. The summed E-state index contributed by atoms with van der Waals surface area (Å²) in [5.74, 6) is -5.11. The zero-order valence-electron chi connectivity index (χ0n) is 13.3. The maximum atomic E-state index is 13.5. The third kappa shape index (κ3) is 5.92. The van der Waals surface area contributed by atoms with E-state index in [9.17, 15) is 22.8 Å². The van der Waals surface area contributed by atoms with E-state index in [1.54, 1.807) is 0 Å². The number of carbonyl (C=O) groups is 2. The van der Waals surface area contributed by atoms with Gasteiger partial charge in [0, 0.05) is 26.4 Å². The highest BCUT2D eigenvalue weighted by Gasteiger charge is 2.16. The van der Waals surface area contributed by atoms with Crippen molar-refractivity contribution in [3.63, 3.8) is 0 Å². The quantitative estimate of drug-likeness (QED) is 0.586. The van der Waals surface area contributed by atoms with E-state index in [-0.39, 0.29) is 18.9 Å². The van der Waals surface area contributed by atoms with E-state index in [4.69, 9.17) is 0 Å². The van der Waals surface area contributed by atoms with E-state index in [1.807, 2.05) is 6.92 Å². The van der Waals surface area contributed by atoms with Gasteiger partial charge in [-0.15, -0.1) is 0 Å². The van der Waals surface area contributed by atoms with Gasteiger partial charge in [0.1, 0.15) is 0 Å². The lowest BCUT2D eigenvalue weighted by molar-refractivity contribution is -0.129. The van der Waals surface area contributed by atoms with Gasteiger partial charge in [-0.2, -0.15) is 0 Å². The van der Waals surface area contributed by atoms with Crippen molar-refractivity contribution >= 4 is 17.5 Å². The summed E-state index contributed by atoms with van der Waals surface area (Å²) in [4.78, 5) is 24.8. The van der Waals surface area contributed by atoms with Gasteiger partial charge in [-0.25, -0.2) is 13.2 Å². The monoisotopic (exact) mass is 330 g/mol. The average Bonchev–Trinajstić information content (AvgIpc) is 2.51. The van der Waals surface area contributed by atoms with Crippen LogP contribution in [-0.2, 0) is 9.59 Å². The Kier molecular flexibility index (Phi) is 7.57. The molecule has 0 spiro atoms. The molecule has 1 aromatic carbocycles. The topological polar surface area (TPSA) is 49.4 Å². The molecular weight excluding hydrogens is 309 g/mol. The number of carbonyl (C=O) groups excluding carboxylic acids is 2. The standard InChI is InChI=1S/C16H21F3N2O2/c1-3-4-5-9-21(11(2)22)10-8-14(23)20-13-7-6-12(17)15(18)16(13)19/h6-7H,3-5,8-10H2,1-2H3,(H,20,23). The SMILES string of the molecule is CCCCCN(CCC(=O)Nc1ccc(F)c(F)c1F)C(C)=O. The summed E-state index contributed by atoms with van der Waals surface area (Å²) in [6, 6.07) is 1.69. The molecule has 7 heteroatoms. The molecule has 0 heterocycles. The van der Waals surface area contributed by atoms with E-state index in [0.29, 0.717) is 6.54 Å². The van der Waals surface area contributed by atoms with Crippen LogP contribution >= 0.6 is 0 Å². The molecule has 0 radical (unpaired) electrons. The number of nitrogens with zero attached hydrogens (tertiary/aromatic N) is 1. The Morgan fingerprint density at radius 3 is 2.39 bits per heavy atom. The number of amides is 2. The molecule has 0 aliphatic rings. The fraction of sp³-hybridized carbons (Fsp3) is 0.500. The zero-order valence-corrected chi connectivity index (χ0v) is 13.3. The molecule has 23 heavy (non-hydrogen) atoms. The second-order valence-electron chi connectivity index (χ2n) is 5.23. The van der Waals surface area contributed by atoms with Gasteiger partial charge in [0.2, 0.25) is 11.8 Å². The summed E-state index contributed by atoms with van der Waals surface area (Å²) in [6.45, 7) is 4.20. The molecule has 1 N–H and O–H groups in total. The summed E-state index contributed by atoms with van der Waals surface area (Å²) < 4.78 is 39.4. The van der Waals surface area contributed by atoms with Gasteiger partial charge in [0.15, 0.2) is 17.5 Å². The molecule has 0 saturated carbocycles. The van der Waals surface area contributed by atoms with Crippen LogP contribution in [0, 0.1) is 17.5 Å². The fourth-order valence-corrected chi connectivity index (χ4v) is 2.05. The lowest BCUT2D eigenvalue weighted by Crippen LogP contribution is -2.33. The van der Waals surface area contributed by atoms with Crippen molar-refractivity contribution in [3.05, 3.63) is 29.6 Å². The van der Waals surface area contributed by atoms with Crippen LogP contribution in [0.4, 0.5) is 18.9 Å². The molecule has 1 aromatic rings. The summed E-state index contributed by atoms with van der Waals surface area (Å²) in [6.07, 6.45) is 2.79. The Morgan fingerprint density at radius 2 is 1.78 bits per heavy atom. The maximum Gasteiger partial charge on any atom is 0.226 e. The van der Waals surface area contributed by atoms with Crippen molar-refractivity contribution in [2.45, 2.75) is 39.5 Å². The minimum atomic E-state index is -1.63. The van der Waals surface area contributed by atoms with Gasteiger partial charge >= 0.3 is 0 Å². The van der Waals surface area contributed by atoms with E-state index in [2.05, 4.69) is 5.32 Å². The van der Waals surface area contributed by atoms with E-state index in [0.717, 1.165) is 31.4 Å². The van der Waals surface area contributed by atoms with Crippen LogP contribution in [-0.4, -0.2) is 29.8 Å². The second kappa shape index (κ2) is 9.17. The molecule has 4 nitrogen and oxygen atoms in total. The molecule has 0 aromatic heterocycles. The van der Waals surface area contributed by atoms with Gasteiger partial charge in [-0.1, -0.05) is 19.8 Å². The van der Waals surface area contributed by atoms with Crippen LogP contribution in [0.15, 0.2) is 12.1 Å². The molecule has 0 saturated heterocycles. The highest BCUT2D eigenvalue weighted by molar-refractivity contribution is 5.91. The van der Waals surface area contributed by atoms with E-state index < -0.39 is 29.0 Å². The van der Waals surface area contributed by atoms with Crippen LogP contribution < -0.4 is 5.32 Å². The van der Waals surface area contributed by atoms with Crippen molar-refractivity contribution in [1.29, 1.82) is 0 Å². The maximum absolute atomic E-state index is 13.5. The molecule has 0 atom stereocenters. The molecule has 1 rings (SSSR count). The fourth-order valence-electron chi connectivity index (χ4n) is 2.05. The Hall–Kier alpha value is -2.05. The van der Waals surface area contributed by atoms with Gasteiger partial charge in [0.25, 0.3) is 0 Å². The third-order valence-electron chi connectivity index (χ3n) is 3.39. The van der Waals surface area contributed by atoms with Crippen LogP contribution in [0.5, 0.6) is 0 Å². The highest BCUT2D eigenvalue weighted by atomic mass is 19.2. The zero-order chi connectivity index (χ0) is 17.4. The van der Waals surface area contributed by atoms with Gasteiger partial charge in [-0.3, -0.25) is 9.59 Å². The molecule has 0 unspecified atom stereocenters. The lowest BCUT2D eigenvalue weighted by atomic mass is 10.2. The molecule has 0 aliphatic carbocycles. The number of unbranched alkanes of at least 4 members (excludes halogenated alkanes) is 2. The predicted molar refractivity (Wildman–Crippen MR) is 81.3 cm³/mol. The molecule has 0 bridgehead atoms. The minimum absolute atomic E-state index is 0.0514. The summed E-state index contributed by atoms with van der Waals surface area (Å²) in [7, 11) is 0. The Labute approximate surface area is 133 Å². The van der Waals surface area contributed by atoms with Gasteiger partial charge in [0.05, 0.1) is 5.69 Å². The van der Waals surface area contributed by atoms with E-state index >= 15 is 0 Å². The van der Waals surface area contributed by atoms with Crippen LogP contribution in [0.25, 0.3) is 0 Å². The first kappa shape index (κ1) is 19.0. The summed E-state index contributed by atoms with van der Waals surface area (Å²) >= 11 is 0. The molecule has 128 valence electrons. The largest absolute Gasteiger partial charge is 0.342 e. The second-order valence-corrected chi connectivity index (χ2v) is 5.23. The van der Waals surface area contributed by atoms with Crippen LogP contribution in [0.2, 0.25) is 0 Å². The Balaban J connectivity index is 2.55. The van der Waals surface area contributed by atoms with Gasteiger partial charge < -0.3 is 10.2 Å². The highest BCUT2D eigenvalue weighted by Crippen LogP contribution is 2.19. The smallest absolute Gasteiger partial charge is 0.226 e. The third-order valence-corrected chi connectivity index (χ3v) is 3.39. The minimum Gasteiger partial charge on any atom is -0.342 e. The number of halogens is 3. The van der Waals surface area contributed by atoms with Crippen molar-refractivity contribution in [2.24, 2.45) is 0 Å². The first-order valence-electron chi connectivity index (χ1n) is 7.55. The average molecular weight is 330 g/mol. The normalized spacial score (nSPS) is 10.5. The number of hydrogen-bond acceptors (Lipinski definition) is 2. The van der Waals surface area contributed by atoms with Crippen molar-refractivity contribution < 1.29 is 22.8 Å².